The molecule has 0 saturated carbocycles. The summed E-state index contributed by atoms with van der Waals surface area (Å²) < 4.78 is 0. The minimum atomic E-state index is -0.510. The minimum Gasteiger partial charge on any atom is -0.348 e. The van der Waals surface area contributed by atoms with Crippen molar-refractivity contribution in [3.8, 4) is 0 Å². The summed E-state index contributed by atoms with van der Waals surface area (Å²) >= 11 is 0. The van der Waals surface area contributed by atoms with Gasteiger partial charge < -0.3 is 11.1 Å². The number of nitrogens with two attached hydrogens (primary N) is 1. The topological polar surface area (TPSA) is 55.1 Å². The lowest BCUT2D eigenvalue weighted by atomic mass is 10.1. The molecule has 0 aliphatic heterocycles. The Morgan fingerprint density at radius 1 is 1.50 bits per heavy atom. The zero-order valence-corrected chi connectivity index (χ0v) is 9.52. The number of benzene rings is 1. The standard InChI is InChI=1S/C13H18N2O/c1-3-7-12(14)13(16)15-10(2)11-8-5-4-6-9-11/h3-6,8-10,12H,1,7,14H2,2H3,(H,15,16)/t10-,12?/m0/s1. The highest BCUT2D eigenvalue weighted by molar-refractivity contribution is 5.82. The average molecular weight is 218 g/mol. The van der Waals surface area contributed by atoms with E-state index in [1.54, 1.807) is 6.08 Å². The molecule has 2 atom stereocenters. The molecule has 1 unspecified atom stereocenters. The zero-order chi connectivity index (χ0) is 12.0. The molecule has 0 saturated heterocycles. The molecular formula is C13H18N2O. The van der Waals surface area contributed by atoms with Gasteiger partial charge in [0.2, 0.25) is 5.91 Å². The van der Waals surface area contributed by atoms with Crippen molar-refractivity contribution in [2.45, 2.75) is 25.4 Å². The molecule has 0 fully saturated rings. The van der Waals surface area contributed by atoms with Gasteiger partial charge in [0.25, 0.3) is 0 Å². The first-order valence-corrected chi connectivity index (χ1v) is 5.37. The molecule has 0 spiro atoms. The summed E-state index contributed by atoms with van der Waals surface area (Å²) in [6.45, 7) is 5.50. The molecule has 1 amide bonds. The van der Waals surface area contributed by atoms with Crippen molar-refractivity contribution in [2.24, 2.45) is 5.73 Å². The summed E-state index contributed by atoms with van der Waals surface area (Å²) in [4.78, 5) is 11.6. The fourth-order valence-electron chi connectivity index (χ4n) is 1.43. The molecule has 3 N–H and O–H groups in total. The van der Waals surface area contributed by atoms with Crippen LogP contribution in [0.1, 0.15) is 24.9 Å². The van der Waals surface area contributed by atoms with Crippen molar-refractivity contribution < 1.29 is 4.79 Å². The average Bonchev–Trinajstić information content (AvgIpc) is 2.30. The van der Waals surface area contributed by atoms with E-state index in [4.69, 9.17) is 5.73 Å². The number of nitrogens with one attached hydrogen (secondary N) is 1. The molecule has 1 rings (SSSR count). The fraction of sp³-hybridized carbons (Fsp3) is 0.308. The molecule has 0 aromatic heterocycles. The van der Waals surface area contributed by atoms with Crippen LogP contribution >= 0.6 is 0 Å². The predicted molar refractivity (Wildman–Crippen MR) is 65.8 cm³/mol. The second-order valence-corrected chi connectivity index (χ2v) is 3.77. The molecule has 0 aliphatic carbocycles. The highest BCUT2D eigenvalue weighted by atomic mass is 16.2. The highest BCUT2D eigenvalue weighted by Crippen LogP contribution is 2.11. The van der Waals surface area contributed by atoms with Crippen LogP contribution in [0.2, 0.25) is 0 Å². The van der Waals surface area contributed by atoms with E-state index in [-0.39, 0.29) is 11.9 Å². The van der Waals surface area contributed by atoms with Gasteiger partial charge in [-0.05, 0) is 18.9 Å². The predicted octanol–water partition coefficient (Wildman–Crippen LogP) is 1.77. The Labute approximate surface area is 96.3 Å². The Morgan fingerprint density at radius 2 is 2.12 bits per heavy atom. The van der Waals surface area contributed by atoms with Gasteiger partial charge in [0.15, 0.2) is 0 Å². The molecule has 0 radical (unpaired) electrons. The van der Waals surface area contributed by atoms with Crippen LogP contribution in [0.15, 0.2) is 43.0 Å². The van der Waals surface area contributed by atoms with Crippen LogP contribution in [0.5, 0.6) is 0 Å². The van der Waals surface area contributed by atoms with Crippen molar-refractivity contribution in [2.75, 3.05) is 0 Å². The molecule has 16 heavy (non-hydrogen) atoms. The molecule has 3 nitrogen and oxygen atoms in total. The summed E-state index contributed by atoms with van der Waals surface area (Å²) in [7, 11) is 0. The maximum atomic E-state index is 11.6. The van der Waals surface area contributed by atoms with Gasteiger partial charge in [-0.15, -0.1) is 6.58 Å². The normalized spacial score (nSPS) is 13.9. The van der Waals surface area contributed by atoms with Crippen molar-refractivity contribution in [3.05, 3.63) is 48.6 Å². The number of amides is 1. The smallest absolute Gasteiger partial charge is 0.237 e. The third kappa shape index (κ3) is 3.51. The zero-order valence-electron chi connectivity index (χ0n) is 9.52. The van der Waals surface area contributed by atoms with Gasteiger partial charge in [-0.1, -0.05) is 36.4 Å². The molecule has 0 aliphatic rings. The number of hydrogen-bond acceptors (Lipinski definition) is 2. The summed E-state index contributed by atoms with van der Waals surface area (Å²) in [6.07, 6.45) is 2.14. The van der Waals surface area contributed by atoms with Crippen molar-refractivity contribution in [1.29, 1.82) is 0 Å². The largest absolute Gasteiger partial charge is 0.348 e. The first-order chi connectivity index (χ1) is 7.65. The second kappa shape index (κ2) is 6.08. The van der Waals surface area contributed by atoms with E-state index in [1.807, 2.05) is 37.3 Å². The maximum Gasteiger partial charge on any atom is 0.237 e. The van der Waals surface area contributed by atoms with Gasteiger partial charge in [-0.25, -0.2) is 0 Å². The van der Waals surface area contributed by atoms with E-state index in [0.717, 1.165) is 5.56 Å². The summed E-state index contributed by atoms with van der Waals surface area (Å²) in [5, 5.41) is 2.87. The number of carbonyl (C=O) groups is 1. The van der Waals surface area contributed by atoms with Crippen LogP contribution in [-0.2, 0) is 4.79 Å². The summed E-state index contributed by atoms with van der Waals surface area (Å²) in [6, 6.07) is 9.26. The van der Waals surface area contributed by atoms with Crippen LogP contribution in [0.4, 0.5) is 0 Å². The van der Waals surface area contributed by atoms with Gasteiger partial charge in [0.1, 0.15) is 0 Å². The summed E-state index contributed by atoms with van der Waals surface area (Å²) in [5.74, 6) is -0.142. The molecule has 0 bridgehead atoms. The van der Waals surface area contributed by atoms with E-state index >= 15 is 0 Å². The van der Waals surface area contributed by atoms with Crippen LogP contribution in [0.25, 0.3) is 0 Å². The van der Waals surface area contributed by atoms with E-state index in [0.29, 0.717) is 6.42 Å². The first-order valence-electron chi connectivity index (χ1n) is 5.37. The van der Waals surface area contributed by atoms with Crippen molar-refractivity contribution in [3.63, 3.8) is 0 Å². The number of rotatable bonds is 5. The Kier molecular flexibility index (Phi) is 4.73. The Morgan fingerprint density at radius 3 is 2.69 bits per heavy atom. The van der Waals surface area contributed by atoms with E-state index in [1.165, 1.54) is 0 Å². The minimum absolute atomic E-state index is 0.0236. The van der Waals surface area contributed by atoms with Crippen molar-refractivity contribution >= 4 is 5.91 Å². The van der Waals surface area contributed by atoms with Gasteiger partial charge in [0, 0.05) is 0 Å². The van der Waals surface area contributed by atoms with Crippen LogP contribution in [-0.4, -0.2) is 11.9 Å². The van der Waals surface area contributed by atoms with Crippen LogP contribution < -0.4 is 11.1 Å². The number of carbonyl (C=O) groups excluding carboxylic acids is 1. The Bertz CT molecular complexity index is 348. The Hall–Kier alpha value is -1.61. The van der Waals surface area contributed by atoms with E-state index < -0.39 is 6.04 Å². The van der Waals surface area contributed by atoms with Crippen LogP contribution in [0, 0.1) is 0 Å². The fourth-order valence-corrected chi connectivity index (χ4v) is 1.43. The first kappa shape index (κ1) is 12.5. The van der Waals surface area contributed by atoms with E-state index in [2.05, 4.69) is 11.9 Å². The van der Waals surface area contributed by atoms with Gasteiger partial charge in [-0.2, -0.15) is 0 Å². The summed E-state index contributed by atoms with van der Waals surface area (Å²) in [5.41, 5.74) is 6.74. The molecule has 3 heteroatoms. The monoisotopic (exact) mass is 218 g/mol. The lowest BCUT2D eigenvalue weighted by Gasteiger charge is -2.17. The van der Waals surface area contributed by atoms with Gasteiger partial charge in [0.05, 0.1) is 12.1 Å². The second-order valence-electron chi connectivity index (χ2n) is 3.77. The van der Waals surface area contributed by atoms with Gasteiger partial charge in [-0.3, -0.25) is 4.79 Å². The third-order valence-electron chi connectivity index (χ3n) is 2.42. The SMILES string of the molecule is C=CCC(N)C(=O)N[C@@H](C)c1ccccc1. The maximum absolute atomic E-state index is 11.6. The molecule has 1 aromatic carbocycles. The lowest BCUT2D eigenvalue weighted by molar-refractivity contribution is -0.122. The van der Waals surface area contributed by atoms with Gasteiger partial charge >= 0.3 is 0 Å². The molecular weight excluding hydrogens is 200 g/mol. The highest BCUT2D eigenvalue weighted by Gasteiger charge is 2.14. The number of hydrogen-bond donors (Lipinski definition) is 2. The molecule has 0 heterocycles. The molecule has 86 valence electrons. The Balaban J connectivity index is 2.55. The van der Waals surface area contributed by atoms with E-state index in [9.17, 15) is 4.79 Å². The quantitative estimate of drug-likeness (QED) is 0.740. The lowest BCUT2D eigenvalue weighted by Crippen LogP contribution is -2.41. The van der Waals surface area contributed by atoms with Crippen LogP contribution in [0.3, 0.4) is 0 Å². The molecule has 1 aromatic rings. The third-order valence-corrected chi connectivity index (χ3v) is 2.42. The van der Waals surface area contributed by atoms with Crippen molar-refractivity contribution in [1.82, 2.24) is 5.32 Å².